The number of carbonyl (C=O) groups excluding carboxylic acids is 2. The average Bonchev–Trinajstić information content (AvgIpc) is 2.50. The number of carbonyl (C=O) groups is 2. The minimum absolute atomic E-state index is 0.0813. The summed E-state index contributed by atoms with van der Waals surface area (Å²) in [6.45, 7) is 4.13. The maximum atomic E-state index is 11.7. The lowest BCUT2D eigenvalue weighted by Gasteiger charge is -2.23. The second kappa shape index (κ2) is 4.58. The molecule has 14 heavy (non-hydrogen) atoms. The van der Waals surface area contributed by atoms with Crippen molar-refractivity contribution < 1.29 is 14.3 Å². The molecule has 1 unspecified atom stereocenters. The van der Waals surface area contributed by atoms with Gasteiger partial charge in [0.25, 0.3) is 0 Å². The Bertz CT molecular complexity index is 235. The van der Waals surface area contributed by atoms with Gasteiger partial charge in [0, 0.05) is 6.42 Å². The lowest BCUT2D eigenvalue weighted by molar-refractivity contribution is -0.159. The summed E-state index contributed by atoms with van der Waals surface area (Å²) in [6.07, 6.45) is 3.55. The molecule has 1 atom stereocenters. The summed E-state index contributed by atoms with van der Waals surface area (Å²) in [7, 11) is 0. The Morgan fingerprint density at radius 1 is 1.50 bits per heavy atom. The Kier molecular flexibility index (Phi) is 3.67. The van der Waals surface area contributed by atoms with Gasteiger partial charge in [-0.05, 0) is 26.2 Å². The third-order valence-corrected chi connectivity index (χ3v) is 2.88. The molecule has 1 saturated carbocycles. The first-order valence-corrected chi connectivity index (χ1v) is 5.38. The van der Waals surface area contributed by atoms with E-state index in [2.05, 4.69) is 0 Å². The van der Waals surface area contributed by atoms with Gasteiger partial charge in [0.15, 0.2) is 0 Å². The number of ketones is 1. The summed E-state index contributed by atoms with van der Waals surface area (Å²) in [5.74, 6) is -0.220. The Morgan fingerprint density at radius 2 is 2.21 bits per heavy atom. The maximum absolute atomic E-state index is 11.7. The molecule has 1 aliphatic rings. The minimum atomic E-state index is -0.787. The second-order valence-electron chi connectivity index (χ2n) is 3.83. The van der Waals surface area contributed by atoms with Crippen LogP contribution < -0.4 is 0 Å². The zero-order chi connectivity index (χ0) is 10.6. The molecule has 0 aromatic heterocycles. The van der Waals surface area contributed by atoms with Crippen LogP contribution in [0.25, 0.3) is 0 Å². The van der Waals surface area contributed by atoms with Crippen LogP contribution in [0.2, 0.25) is 0 Å². The van der Waals surface area contributed by atoms with E-state index in [-0.39, 0.29) is 11.8 Å². The zero-order valence-corrected chi connectivity index (χ0v) is 8.97. The second-order valence-corrected chi connectivity index (χ2v) is 3.83. The van der Waals surface area contributed by atoms with E-state index in [0.29, 0.717) is 25.9 Å². The largest absolute Gasteiger partial charge is 0.465 e. The van der Waals surface area contributed by atoms with Gasteiger partial charge < -0.3 is 4.74 Å². The predicted octanol–water partition coefficient (Wildman–Crippen LogP) is 2.09. The number of hydrogen-bond acceptors (Lipinski definition) is 3. The van der Waals surface area contributed by atoms with Crippen LogP contribution in [0.5, 0.6) is 0 Å². The molecule has 0 saturated heterocycles. The van der Waals surface area contributed by atoms with Crippen molar-refractivity contribution >= 4 is 11.8 Å². The summed E-state index contributed by atoms with van der Waals surface area (Å²) in [5, 5.41) is 0. The van der Waals surface area contributed by atoms with Crippen LogP contribution in [0.4, 0.5) is 0 Å². The molecule has 0 aliphatic heterocycles. The van der Waals surface area contributed by atoms with E-state index in [1.807, 2.05) is 6.92 Å². The Labute approximate surface area is 84.8 Å². The molecular weight excluding hydrogens is 180 g/mol. The van der Waals surface area contributed by atoms with Crippen LogP contribution in [-0.2, 0) is 14.3 Å². The van der Waals surface area contributed by atoms with Gasteiger partial charge in [0.05, 0.1) is 6.61 Å². The van der Waals surface area contributed by atoms with Gasteiger partial charge in [-0.25, -0.2) is 0 Å². The van der Waals surface area contributed by atoms with Crippen molar-refractivity contribution in [3.63, 3.8) is 0 Å². The lowest BCUT2D eigenvalue weighted by atomic mass is 9.81. The molecule has 0 aromatic rings. The molecule has 3 nitrogen and oxygen atoms in total. The quantitative estimate of drug-likeness (QED) is 0.513. The fraction of sp³-hybridized carbons (Fsp3) is 0.818. The normalized spacial score (nSPS) is 26.6. The number of Topliss-reactive ketones (excluding diaryl/α,β-unsaturated/α-hetero) is 1. The smallest absolute Gasteiger partial charge is 0.319 e. The fourth-order valence-electron chi connectivity index (χ4n) is 2.21. The first-order valence-electron chi connectivity index (χ1n) is 5.38. The summed E-state index contributed by atoms with van der Waals surface area (Å²) in [5.41, 5.74) is -0.787. The van der Waals surface area contributed by atoms with Crippen LogP contribution in [-0.4, -0.2) is 18.4 Å². The van der Waals surface area contributed by atoms with Crippen molar-refractivity contribution in [3.05, 3.63) is 0 Å². The van der Waals surface area contributed by atoms with E-state index in [9.17, 15) is 9.59 Å². The minimum Gasteiger partial charge on any atom is -0.465 e. The molecule has 0 amide bonds. The van der Waals surface area contributed by atoms with Crippen molar-refractivity contribution in [2.75, 3.05) is 6.61 Å². The van der Waals surface area contributed by atoms with Crippen LogP contribution in [0, 0.1) is 5.41 Å². The maximum Gasteiger partial charge on any atom is 0.319 e. The van der Waals surface area contributed by atoms with Crippen LogP contribution in [0.1, 0.15) is 46.0 Å². The van der Waals surface area contributed by atoms with E-state index in [1.165, 1.54) is 0 Å². The average molecular weight is 198 g/mol. The van der Waals surface area contributed by atoms with Crippen LogP contribution in [0.3, 0.4) is 0 Å². The van der Waals surface area contributed by atoms with Crippen molar-refractivity contribution in [3.8, 4) is 0 Å². The number of rotatable bonds is 4. The monoisotopic (exact) mass is 198 g/mol. The fourth-order valence-corrected chi connectivity index (χ4v) is 2.21. The lowest BCUT2D eigenvalue weighted by Crippen LogP contribution is -2.36. The van der Waals surface area contributed by atoms with Gasteiger partial charge in [-0.15, -0.1) is 0 Å². The van der Waals surface area contributed by atoms with E-state index >= 15 is 0 Å². The molecule has 1 fully saturated rings. The molecule has 1 aliphatic carbocycles. The van der Waals surface area contributed by atoms with Gasteiger partial charge in [-0.3, -0.25) is 9.59 Å². The highest BCUT2D eigenvalue weighted by Crippen LogP contribution is 2.40. The number of ether oxygens (including phenoxy) is 1. The van der Waals surface area contributed by atoms with E-state index in [1.54, 1.807) is 6.92 Å². The molecular formula is C11H18O3. The van der Waals surface area contributed by atoms with Gasteiger partial charge in [0.1, 0.15) is 11.2 Å². The molecule has 0 N–H and O–H groups in total. The first kappa shape index (κ1) is 11.2. The van der Waals surface area contributed by atoms with Gasteiger partial charge in [0.2, 0.25) is 0 Å². The molecule has 80 valence electrons. The number of esters is 1. The molecule has 1 rings (SSSR count). The summed E-state index contributed by atoms with van der Waals surface area (Å²) in [4.78, 5) is 23.4. The third kappa shape index (κ3) is 1.81. The molecule has 0 bridgehead atoms. The highest BCUT2D eigenvalue weighted by atomic mass is 16.5. The van der Waals surface area contributed by atoms with Gasteiger partial charge >= 0.3 is 5.97 Å². The predicted molar refractivity (Wildman–Crippen MR) is 52.8 cm³/mol. The van der Waals surface area contributed by atoms with E-state index in [0.717, 1.165) is 12.8 Å². The summed E-state index contributed by atoms with van der Waals surface area (Å²) >= 11 is 0. The molecule has 0 radical (unpaired) electrons. The van der Waals surface area contributed by atoms with E-state index in [4.69, 9.17) is 4.74 Å². The standard InChI is InChI=1S/C11H18O3/c1-3-7-11(10(13)14-4-2)8-5-6-9(11)12/h3-8H2,1-2H3. The van der Waals surface area contributed by atoms with Crippen molar-refractivity contribution in [1.82, 2.24) is 0 Å². The Balaban J connectivity index is 2.80. The first-order chi connectivity index (χ1) is 6.67. The molecule has 0 aromatic carbocycles. The van der Waals surface area contributed by atoms with Crippen LogP contribution >= 0.6 is 0 Å². The number of hydrogen-bond donors (Lipinski definition) is 0. The van der Waals surface area contributed by atoms with Crippen molar-refractivity contribution in [1.29, 1.82) is 0 Å². The SMILES string of the molecule is CCCC1(C(=O)OCC)CCCC1=O. The zero-order valence-electron chi connectivity index (χ0n) is 8.97. The molecule has 3 heteroatoms. The summed E-state index contributed by atoms with van der Waals surface area (Å²) in [6, 6.07) is 0. The highest BCUT2D eigenvalue weighted by molar-refractivity contribution is 6.05. The van der Waals surface area contributed by atoms with E-state index < -0.39 is 5.41 Å². The van der Waals surface area contributed by atoms with Gasteiger partial charge in [-0.2, -0.15) is 0 Å². The Morgan fingerprint density at radius 3 is 2.64 bits per heavy atom. The third-order valence-electron chi connectivity index (χ3n) is 2.88. The van der Waals surface area contributed by atoms with Gasteiger partial charge in [-0.1, -0.05) is 13.3 Å². The van der Waals surface area contributed by atoms with Crippen LogP contribution in [0.15, 0.2) is 0 Å². The molecule has 0 heterocycles. The summed E-state index contributed by atoms with van der Waals surface area (Å²) < 4.78 is 4.99. The topological polar surface area (TPSA) is 43.4 Å². The molecule has 0 spiro atoms. The highest BCUT2D eigenvalue weighted by Gasteiger charge is 2.48. The Hall–Kier alpha value is -0.860. The van der Waals surface area contributed by atoms with Crippen molar-refractivity contribution in [2.24, 2.45) is 5.41 Å². The van der Waals surface area contributed by atoms with Crippen molar-refractivity contribution in [2.45, 2.75) is 46.0 Å².